The summed E-state index contributed by atoms with van der Waals surface area (Å²) in [7, 11) is 18.7. The molecule has 0 bridgehead atoms. The van der Waals surface area contributed by atoms with Crippen LogP contribution in [0.5, 0.6) is 34.5 Å². The Bertz CT molecular complexity index is 2880. The lowest BCUT2D eigenvalue weighted by molar-refractivity contribution is 0.0817. The van der Waals surface area contributed by atoms with Gasteiger partial charge in [0.15, 0.2) is 0 Å². The summed E-state index contributed by atoms with van der Waals surface area (Å²) in [5, 5.41) is 9.01. The molecular formula is C60H69N7O12. The predicted octanol–water partition coefficient (Wildman–Crippen LogP) is 6.74. The van der Waals surface area contributed by atoms with Gasteiger partial charge in [0, 0.05) is 115 Å². The SMILES string of the molecule is COc1c(C(=O)NCCN(CCNC(=O)c2cccc(-c3cccc(C(=O)N(C)C)c3OC)c2OC)CCNC(=O)c2cccc(-c3cccc(C(=O)N(C)C)c3OC)c2OC)cccc1-c1cccc(C(=O)N(C)C)c1OC. The minimum absolute atomic E-state index is 0.143. The smallest absolute Gasteiger partial charge is 0.257 e. The van der Waals surface area contributed by atoms with Crippen molar-refractivity contribution in [3.63, 3.8) is 0 Å². The molecule has 19 heteroatoms. The van der Waals surface area contributed by atoms with Crippen molar-refractivity contribution < 1.29 is 57.2 Å². The molecule has 0 spiro atoms. The van der Waals surface area contributed by atoms with Crippen LogP contribution in [0, 0.1) is 0 Å². The second-order valence-electron chi connectivity index (χ2n) is 18.5. The number of carbonyl (C=O) groups excluding carboxylic acids is 6. The lowest BCUT2D eigenvalue weighted by Crippen LogP contribution is -2.43. The highest BCUT2D eigenvalue weighted by Gasteiger charge is 2.27. The maximum absolute atomic E-state index is 14.1. The molecule has 0 aromatic heterocycles. The van der Waals surface area contributed by atoms with Crippen molar-refractivity contribution in [3.8, 4) is 67.9 Å². The van der Waals surface area contributed by atoms with Crippen molar-refractivity contribution in [2.45, 2.75) is 0 Å². The summed E-state index contributed by atoms with van der Waals surface area (Å²) in [6.07, 6.45) is 0. The number of ether oxygens (including phenoxy) is 6. The van der Waals surface area contributed by atoms with Gasteiger partial charge in [0.2, 0.25) is 0 Å². The van der Waals surface area contributed by atoms with Crippen molar-refractivity contribution in [3.05, 3.63) is 143 Å². The van der Waals surface area contributed by atoms with E-state index >= 15 is 0 Å². The van der Waals surface area contributed by atoms with Gasteiger partial charge in [-0.2, -0.15) is 0 Å². The topological polar surface area (TPSA) is 207 Å². The molecule has 6 aromatic rings. The maximum Gasteiger partial charge on any atom is 0.257 e. The first-order chi connectivity index (χ1) is 38.0. The Hall–Kier alpha value is -9.10. The van der Waals surface area contributed by atoms with Crippen LogP contribution in [0.2, 0.25) is 0 Å². The van der Waals surface area contributed by atoms with Gasteiger partial charge in [-0.25, -0.2) is 0 Å². The molecule has 6 rings (SSSR count). The number of nitrogens with zero attached hydrogens (tertiary/aromatic N) is 4. The summed E-state index contributed by atoms with van der Waals surface area (Å²) in [6.45, 7) is 1.27. The van der Waals surface area contributed by atoms with E-state index in [1.807, 2.05) is 4.90 Å². The highest BCUT2D eigenvalue weighted by Crippen LogP contribution is 2.43. The number of benzene rings is 6. The third-order valence-corrected chi connectivity index (χ3v) is 13.0. The number of carbonyl (C=O) groups is 6. The van der Waals surface area contributed by atoms with Gasteiger partial charge in [0.05, 0.1) is 76.0 Å². The molecule has 416 valence electrons. The lowest BCUT2D eigenvalue weighted by Gasteiger charge is -2.24. The van der Waals surface area contributed by atoms with Gasteiger partial charge in [-0.05, 0) is 36.4 Å². The van der Waals surface area contributed by atoms with Crippen LogP contribution in [0.25, 0.3) is 33.4 Å². The fourth-order valence-electron chi connectivity index (χ4n) is 9.18. The molecule has 0 saturated carbocycles. The van der Waals surface area contributed by atoms with Crippen LogP contribution in [0.3, 0.4) is 0 Å². The molecule has 0 aliphatic carbocycles. The number of hydrogen-bond donors (Lipinski definition) is 3. The minimum Gasteiger partial charge on any atom is -0.495 e. The Morgan fingerprint density at radius 1 is 0.316 bits per heavy atom. The normalized spacial score (nSPS) is 10.7. The molecule has 6 aromatic carbocycles. The molecule has 0 saturated heterocycles. The third kappa shape index (κ3) is 13.2. The van der Waals surface area contributed by atoms with Gasteiger partial charge < -0.3 is 59.1 Å². The summed E-state index contributed by atoms with van der Waals surface area (Å²) < 4.78 is 34.8. The van der Waals surface area contributed by atoms with Crippen molar-refractivity contribution in [2.75, 3.05) is 124 Å². The highest BCUT2D eigenvalue weighted by atomic mass is 16.5. The fourth-order valence-corrected chi connectivity index (χ4v) is 9.18. The molecule has 0 aliphatic rings. The summed E-state index contributed by atoms with van der Waals surface area (Å²) in [6, 6.07) is 31.0. The zero-order valence-electron chi connectivity index (χ0n) is 46.8. The van der Waals surface area contributed by atoms with Crippen LogP contribution >= 0.6 is 0 Å². The van der Waals surface area contributed by atoms with Crippen molar-refractivity contribution in [1.29, 1.82) is 0 Å². The van der Waals surface area contributed by atoms with Crippen LogP contribution in [0.1, 0.15) is 62.1 Å². The quantitative estimate of drug-likeness (QED) is 0.0575. The summed E-state index contributed by atoms with van der Waals surface area (Å²) in [5.41, 5.74) is 5.05. The third-order valence-electron chi connectivity index (χ3n) is 13.0. The van der Waals surface area contributed by atoms with Crippen LogP contribution in [-0.4, -0.2) is 179 Å². The van der Waals surface area contributed by atoms with Crippen molar-refractivity contribution >= 4 is 35.4 Å². The Morgan fingerprint density at radius 2 is 0.506 bits per heavy atom. The molecule has 19 nitrogen and oxygen atoms in total. The first-order valence-electron chi connectivity index (χ1n) is 25.2. The van der Waals surface area contributed by atoms with Crippen molar-refractivity contribution in [2.24, 2.45) is 0 Å². The van der Waals surface area contributed by atoms with Crippen LogP contribution < -0.4 is 44.4 Å². The first-order valence-corrected chi connectivity index (χ1v) is 25.2. The number of amides is 6. The highest BCUT2D eigenvalue weighted by molar-refractivity contribution is 6.05. The Morgan fingerprint density at radius 3 is 0.696 bits per heavy atom. The zero-order valence-corrected chi connectivity index (χ0v) is 46.8. The number of para-hydroxylation sites is 6. The molecule has 0 unspecified atom stereocenters. The largest absolute Gasteiger partial charge is 0.495 e. The monoisotopic (exact) mass is 1080 g/mol. The van der Waals surface area contributed by atoms with E-state index in [0.717, 1.165) is 0 Å². The van der Waals surface area contributed by atoms with Crippen LogP contribution in [0.4, 0.5) is 0 Å². The number of rotatable bonds is 24. The van der Waals surface area contributed by atoms with Gasteiger partial charge in [0.1, 0.15) is 34.5 Å². The average Bonchev–Trinajstić information content (AvgIpc) is 3.49. The van der Waals surface area contributed by atoms with E-state index in [4.69, 9.17) is 28.4 Å². The summed E-state index contributed by atoms with van der Waals surface area (Å²) in [4.78, 5) is 87.8. The van der Waals surface area contributed by atoms with Gasteiger partial charge >= 0.3 is 0 Å². The average molecular weight is 1080 g/mol. The van der Waals surface area contributed by atoms with Gasteiger partial charge in [-0.1, -0.05) is 72.8 Å². The second-order valence-corrected chi connectivity index (χ2v) is 18.5. The second kappa shape index (κ2) is 27.3. The first kappa shape index (κ1) is 59.1. The van der Waals surface area contributed by atoms with Gasteiger partial charge in [-0.3, -0.25) is 33.7 Å². The maximum atomic E-state index is 14.1. The van der Waals surface area contributed by atoms with Crippen LogP contribution in [-0.2, 0) is 0 Å². The van der Waals surface area contributed by atoms with Crippen molar-refractivity contribution in [1.82, 2.24) is 35.6 Å². The number of hydrogen-bond acceptors (Lipinski definition) is 13. The fraction of sp³-hybridized carbons (Fsp3) is 0.300. The molecule has 0 heterocycles. The molecule has 79 heavy (non-hydrogen) atoms. The molecule has 0 aliphatic heterocycles. The zero-order chi connectivity index (χ0) is 57.5. The molecule has 6 amide bonds. The van der Waals surface area contributed by atoms with E-state index in [1.54, 1.807) is 151 Å². The van der Waals surface area contributed by atoms with Gasteiger partial charge in [0.25, 0.3) is 35.4 Å². The number of nitrogens with one attached hydrogen (secondary N) is 3. The molecule has 0 atom stereocenters. The van der Waals surface area contributed by atoms with E-state index in [1.165, 1.54) is 57.4 Å². The lowest BCUT2D eigenvalue weighted by atomic mass is 9.97. The van der Waals surface area contributed by atoms with E-state index in [2.05, 4.69) is 16.0 Å². The van der Waals surface area contributed by atoms with Crippen LogP contribution in [0.15, 0.2) is 109 Å². The Balaban J connectivity index is 1.24. The number of methoxy groups -OCH3 is 6. The standard InChI is InChI=1S/C60H69N7O12/c1-64(2)58(71)46-28-16-22-40(52(46)77-10)37-19-13-25-43(49(37)74-7)55(68)61-31-34-67(35-32-62-56(69)44-26-14-20-38(50(44)75-8)41-23-17-29-47(53(41)78-11)59(72)65(3)4)36-33-63-57(70)45-27-15-21-39(51(45)76-9)42-24-18-30-48(54(42)79-12)60(73)66(5)6/h13-30H,31-36H2,1-12H3,(H,61,68)(H,62,69)(H,63,70). The molecule has 0 fully saturated rings. The van der Waals surface area contributed by atoms with Gasteiger partial charge in [-0.15, -0.1) is 0 Å². The Labute approximate surface area is 461 Å². The van der Waals surface area contributed by atoms with E-state index in [9.17, 15) is 28.8 Å². The van der Waals surface area contributed by atoms with E-state index in [-0.39, 0.29) is 90.9 Å². The molecular weight excluding hydrogens is 1010 g/mol. The summed E-state index contributed by atoms with van der Waals surface area (Å²) >= 11 is 0. The molecule has 0 radical (unpaired) electrons. The predicted molar refractivity (Wildman–Crippen MR) is 302 cm³/mol. The van der Waals surface area contributed by atoms with E-state index in [0.29, 0.717) is 67.3 Å². The summed E-state index contributed by atoms with van der Waals surface area (Å²) in [5.74, 6) is -0.248. The minimum atomic E-state index is -0.430. The van der Waals surface area contributed by atoms with E-state index < -0.39 is 17.7 Å². The molecule has 3 N–H and O–H groups in total. The Kier molecular flexibility index (Phi) is 20.4.